The number of nitrogens with one attached hydrogen (secondary N) is 1. The Morgan fingerprint density at radius 3 is 2.62 bits per heavy atom. The molecular weight excluding hydrogens is 316 g/mol. The summed E-state index contributed by atoms with van der Waals surface area (Å²) in [5, 5.41) is 4.35. The minimum Gasteiger partial charge on any atom is -0.352 e. The van der Waals surface area contributed by atoms with E-state index in [0.717, 1.165) is 30.3 Å². The zero-order valence-corrected chi connectivity index (χ0v) is 15.7. The van der Waals surface area contributed by atoms with Gasteiger partial charge in [-0.1, -0.05) is 13.0 Å². The van der Waals surface area contributed by atoms with Gasteiger partial charge in [0.15, 0.2) is 5.11 Å². The van der Waals surface area contributed by atoms with Gasteiger partial charge in [-0.25, -0.2) is 0 Å². The van der Waals surface area contributed by atoms with Gasteiger partial charge in [-0.15, -0.1) is 0 Å². The quantitative estimate of drug-likeness (QED) is 0.836. The molecule has 0 aliphatic carbocycles. The lowest BCUT2D eigenvalue weighted by atomic mass is 9.96. The molecule has 3 heterocycles. The third-order valence-electron chi connectivity index (χ3n) is 4.91. The second kappa shape index (κ2) is 6.93. The van der Waals surface area contributed by atoms with Crippen LogP contribution in [0.15, 0.2) is 30.5 Å². The molecule has 3 rings (SSSR count). The summed E-state index contributed by atoms with van der Waals surface area (Å²) in [6, 6.07) is 8.69. The number of aryl methyl sites for hydroxylation is 1. The molecule has 4 nitrogen and oxygen atoms in total. The Balaban J connectivity index is 2.09. The van der Waals surface area contributed by atoms with Crippen molar-refractivity contribution in [2.24, 2.45) is 0 Å². The second-order valence-electron chi connectivity index (χ2n) is 6.39. The zero-order valence-electron chi connectivity index (χ0n) is 14.9. The van der Waals surface area contributed by atoms with Gasteiger partial charge >= 0.3 is 0 Å². The van der Waals surface area contributed by atoms with Crippen molar-refractivity contribution in [2.75, 3.05) is 6.54 Å². The highest BCUT2D eigenvalue weighted by atomic mass is 32.1. The van der Waals surface area contributed by atoms with Crippen LogP contribution in [0.3, 0.4) is 0 Å². The molecule has 2 aromatic heterocycles. The van der Waals surface area contributed by atoms with Gasteiger partial charge in [0.25, 0.3) is 0 Å². The summed E-state index contributed by atoms with van der Waals surface area (Å²) in [5.74, 6) is 0. The molecule has 1 aliphatic rings. The molecule has 0 radical (unpaired) electrons. The maximum atomic E-state index is 5.65. The first-order chi connectivity index (χ1) is 11.6. The number of rotatable bonds is 5. The summed E-state index contributed by atoms with van der Waals surface area (Å²) in [5.41, 5.74) is 5.03. The first-order valence-electron chi connectivity index (χ1n) is 8.73. The van der Waals surface area contributed by atoms with Gasteiger partial charge in [-0.05, 0) is 63.2 Å². The molecule has 0 bridgehead atoms. The minimum atomic E-state index is 0.0936. The van der Waals surface area contributed by atoms with Crippen LogP contribution in [-0.4, -0.2) is 26.1 Å². The molecule has 0 unspecified atom stereocenters. The molecule has 2 aromatic rings. The number of hydrogen-bond acceptors (Lipinski definition) is 2. The molecule has 128 valence electrons. The molecule has 1 fully saturated rings. The summed E-state index contributed by atoms with van der Waals surface area (Å²) >= 11 is 5.65. The van der Waals surface area contributed by atoms with E-state index < -0.39 is 0 Å². The SMILES string of the molecule is CCCN1C(=S)N[C@@H](c2ccccn2)[C@H]1c1cc(C)n(CC)c1C. The smallest absolute Gasteiger partial charge is 0.170 e. The van der Waals surface area contributed by atoms with Crippen molar-refractivity contribution in [1.82, 2.24) is 19.8 Å². The van der Waals surface area contributed by atoms with E-state index in [1.54, 1.807) is 0 Å². The Morgan fingerprint density at radius 2 is 2.04 bits per heavy atom. The summed E-state index contributed by atoms with van der Waals surface area (Å²) in [7, 11) is 0. The van der Waals surface area contributed by atoms with Crippen molar-refractivity contribution in [3.05, 3.63) is 53.1 Å². The summed E-state index contributed by atoms with van der Waals surface area (Å²) in [6.45, 7) is 10.7. The van der Waals surface area contributed by atoms with Gasteiger partial charge in [-0.2, -0.15) is 0 Å². The average molecular weight is 343 g/mol. The fraction of sp³-hybridized carbons (Fsp3) is 0.474. The Bertz CT molecular complexity index is 722. The molecule has 0 spiro atoms. The molecule has 1 saturated heterocycles. The Hall–Kier alpha value is -1.88. The number of aromatic nitrogens is 2. The van der Waals surface area contributed by atoms with Crippen LogP contribution in [-0.2, 0) is 6.54 Å². The highest BCUT2D eigenvalue weighted by Crippen LogP contribution is 2.40. The maximum absolute atomic E-state index is 5.65. The van der Waals surface area contributed by atoms with E-state index in [4.69, 9.17) is 12.2 Å². The molecular formula is C19H26N4S. The summed E-state index contributed by atoms with van der Waals surface area (Å²) in [6.07, 6.45) is 2.93. The number of nitrogens with zero attached hydrogens (tertiary/aromatic N) is 3. The van der Waals surface area contributed by atoms with Crippen molar-refractivity contribution >= 4 is 17.3 Å². The molecule has 0 amide bonds. The lowest BCUT2D eigenvalue weighted by Gasteiger charge is -2.27. The van der Waals surface area contributed by atoms with E-state index in [0.29, 0.717) is 0 Å². The van der Waals surface area contributed by atoms with Crippen LogP contribution in [0.5, 0.6) is 0 Å². The zero-order chi connectivity index (χ0) is 17.3. The first kappa shape index (κ1) is 17.0. The molecule has 1 aliphatic heterocycles. The minimum absolute atomic E-state index is 0.0936. The average Bonchev–Trinajstić information content (AvgIpc) is 3.05. The van der Waals surface area contributed by atoms with Crippen LogP contribution in [0.2, 0.25) is 0 Å². The van der Waals surface area contributed by atoms with E-state index in [9.17, 15) is 0 Å². The number of thiocarbonyl (C=S) groups is 1. The van der Waals surface area contributed by atoms with E-state index in [-0.39, 0.29) is 12.1 Å². The van der Waals surface area contributed by atoms with Crippen LogP contribution in [0.25, 0.3) is 0 Å². The highest BCUT2D eigenvalue weighted by Gasteiger charge is 2.40. The summed E-state index contributed by atoms with van der Waals surface area (Å²) < 4.78 is 2.37. The van der Waals surface area contributed by atoms with E-state index >= 15 is 0 Å². The van der Waals surface area contributed by atoms with Gasteiger partial charge in [0.1, 0.15) is 0 Å². The van der Waals surface area contributed by atoms with E-state index in [1.807, 2.05) is 18.3 Å². The molecule has 2 atom stereocenters. The van der Waals surface area contributed by atoms with Gasteiger partial charge < -0.3 is 14.8 Å². The van der Waals surface area contributed by atoms with Gasteiger partial charge in [0.05, 0.1) is 17.8 Å². The fourth-order valence-electron chi connectivity index (χ4n) is 3.84. The largest absolute Gasteiger partial charge is 0.352 e. The van der Waals surface area contributed by atoms with Crippen LogP contribution in [0, 0.1) is 13.8 Å². The predicted octanol–water partition coefficient (Wildman–Crippen LogP) is 3.90. The Labute approximate surface area is 149 Å². The highest BCUT2D eigenvalue weighted by molar-refractivity contribution is 7.80. The van der Waals surface area contributed by atoms with E-state index in [2.05, 4.69) is 59.6 Å². The lowest BCUT2D eigenvalue weighted by Crippen LogP contribution is -2.30. The van der Waals surface area contributed by atoms with Crippen molar-refractivity contribution in [3.8, 4) is 0 Å². The van der Waals surface area contributed by atoms with Crippen LogP contribution in [0.4, 0.5) is 0 Å². The van der Waals surface area contributed by atoms with Gasteiger partial charge in [0, 0.05) is 30.7 Å². The Kier molecular flexibility index (Phi) is 4.90. The van der Waals surface area contributed by atoms with Crippen LogP contribution >= 0.6 is 12.2 Å². The Morgan fingerprint density at radius 1 is 1.25 bits per heavy atom. The predicted molar refractivity (Wildman–Crippen MR) is 102 cm³/mol. The number of hydrogen-bond donors (Lipinski definition) is 1. The summed E-state index contributed by atoms with van der Waals surface area (Å²) in [4.78, 5) is 6.92. The van der Waals surface area contributed by atoms with Crippen molar-refractivity contribution in [3.63, 3.8) is 0 Å². The molecule has 0 aromatic carbocycles. The molecule has 1 N–H and O–H groups in total. The molecule has 0 saturated carbocycles. The maximum Gasteiger partial charge on any atom is 0.170 e. The topological polar surface area (TPSA) is 33.1 Å². The van der Waals surface area contributed by atoms with Crippen molar-refractivity contribution < 1.29 is 0 Å². The monoisotopic (exact) mass is 342 g/mol. The van der Waals surface area contributed by atoms with Crippen LogP contribution in [0.1, 0.15) is 55.0 Å². The third kappa shape index (κ3) is 2.81. The second-order valence-corrected chi connectivity index (χ2v) is 6.78. The van der Waals surface area contributed by atoms with Crippen molar-refractivity contribution in [2.45, 2.75) is 52.7 Å². The first-order valence-corrected chi connectivity index (χ1v) is 9.14. The third-order valence-corrected chi connectivity index (χ3v) is 5.26. The van der Waals surface area contributed by atoms with Crippen molar-refractivity contribution in [1.29, 1.82) is 0 Å². The van der Waals surface area contributed by atoms with Crippen LogP contribution < -0.4 is 5.32 Å². The molecule has 24 heavy (non-hydrogen) atoms. The van der Waals surface area contributed by atoms with Gasteiger partial charge in [0.2, 0.25) is 0 Å². The fourth-order valence-corrected chi connectivity index (χ4v) is 4.17. The molecule has 5 heteroatoms. The van der Waals surface area contributed by atoms with E-state index in [1.165, 1.54) is 17.0 Å². The lowest BCUT2D eigenvalue weighted by molar-refractivity contribution is 0.316. The van der Waals surface area contributed by atoms with Gasteiger partial charge in [-0.3, -0.25) is 4.98 Å². The standard InChI is InChI=1S/C19H26N4S/c1-5-11-23-18(15-12-13(3)22(6-2)14(15)4)17(21-19(23)24)16-9-7-8-10-20-16/h7-10,12,17-18H,5-6,11H2,1-4H3,(H,21,24)/t17-,18+/m0/s1. The normalized spacial score (nSPS) is 20.5. The number of pyridine rings is 1.